The van der Waals surface area contributed by atoms with Crippen LogP contribution >= 0.6 is 0 Å². The average Bonchev–Trinajstić information content (AvgIpc) is 2.93. The van der Waals surface area contributed by atoms with Crippen LogP contribution in [0.25, 0.3) is 5.65 Å². The Bertz CT molecular complexity index is 781. The number of carbonyl (C=O) groups excluding carboxylic acids is 1. The van der Waals surface area contributed by atoms with Gasteiger partial charge in [-0.3, -0.25) is 0 Å². The molecule has 3 N–H and O–H groups in total. The molecule has 0 saturated carbocycles. The van der Waals surface area contributed by atoms with E-state index in [1.165, 1.54) is 10.6 Å². The monoisotopic (exact) mass is 334 g/mol. The van der Waals surface area contributed by atoms with Crippen molar-refractivity contribution in [2.75, 3.05) is 43.4 Å². The number of hydrogen-bond acceptors (Lipinski definition) is 7. The largest absolute Gasteiger partial charge is 0.478 e. The molecule has 24 heavy (non-hydrogen) atoms. The van der Waals surface area contributed by atoms with Gasteiger partial charge >= 0.3 is 12.1 Å². The first kappa shape index (κ1) is 15.8. The molecule has 0 bridgehead atoms. The number of amides is 1. The van der Waals surface area contributed by atoms with Crippen molar-refractivity contribution in [2.24, 2.45) is 0 Å². The normalized spacial score (nSPS) is 14.9. The number of aromatic carboxylic acids is 1. The van der Waals surface area contributed by atoms with E-state index < -0.39 is 5.97 Å². The molecule has 2 aromatic rings. The summed E-state index contributed by atoms with van der Waals surface area (Å²) < 4.78 is 6.44. The van der Waals surface area contributed by atoms with E-state index in [0.717, 1.165) is 0 Å². The van der Waals surface area contributed by atoms with Crippen LogP contribution in [0.15, 0.2) is 12.3 Å². The van der Waals surface area contributed by atoms with E-state index >= 15 is 0 Å². The number of pyridine rings is 1. The summed E-state index contributed by atoms with van der Waals surface area (Å²) in [6, 6.07) is 1.44. The van der Waals surface area contributed by atoms with Crippen LogP contribution in [-0.4, -0.2) is 69.5 Å². The first-order valence-electron chi connectivity index (χ1n) is 7.55. The van der Waals surface area contributed by atoms with Crippen molar-refractivity contribution in [3.8, 4) is 0 Å². The van der Waals surface area contributed by atoms with Crippen molar-refractivity contribution in [1.82, 2.24) is 19.5 Å². The minimum Gasteiger partial charge on any atom is -0.478 e. The number of fused-ring (bicyclic) bond motifs is 1. The second-order valence-corrected chi connectivity index (χ2v) is 5.32. The lowest BCUT2D eigenvalue weighted by Gasteiger charge is -2.35. The molecule has 3 rings (SSSR count). The molecule has 0 atom stereocenters. The number of aromatic nitrogens is 3. The summed E-state index contributed by atoms with van der Waals surface area (Å²) in [5, 5.41) is 13.5. The van der Waals surface area contributed by atoms with E-state index in [1.54, 1.807) is 18.0 Å². The minimum absolute atomic E-state index is 0.0793. The average molecular weight is 334 g/mol. The second kappa shape index (κ2) is 6.22. The summed E-state index contributed by atoms with van der Waals surface area (Å²) in [5.74, 6) is -0.975. The molecule has 3 heterocycles. The van der Waals surface area contributed by atoms with E-state index in [2.05, 4.69) is 10.1 Å². The van der Waals surface area contributed by atoms with E-state index in [4.69, 9.17) is 10.5 Å². The predicted molar refractivity (Wildman–Crippen MR) is 85.2 cm³/mol. The van der Waals surface area contributed by atoms with Gasteiger partial charge in [0, 0.05) is 26.2 Å². The van der Waals surface area contributed by atoms with Crippen molar-refractivity contribution >= 4 is 29.3 Å². The van der Waals surface area contributed by atoms with Gasteiger partial charge in [-0.1, -0.05) is 0 Å². The lowest BCUT2D eigenvalue weighted by Crippen LogP contribution is -2.49. The fraction of sp³-hybridized carbons (Fsp3) is 0.429. The zero-order valence-corrected chi connectivity index (χ0v) is 13.2. The maximum absolute atomic E-state index is 11.7. The summed E-state index contributed by atoms with van der Waals surface area (Å²) in [6.07, 6.45) is 1.25. The molecule has 0 aromatic carbocycles. The van der Waals surface area contributed by atoms with Gasteiger partial charge in [-0.25, -0.2) is 14.1 Å². The molecule has 1 aliphatic heterocycles. The predicted octanol–water partition coefficient (Wildman–Crippen LogP) is 0.288. The quantitative estimate of drug-likeness (QED) is 0.820. The van der Waals surface area contributed by atoms with Gasteiger partial charge < -0.3 is 25.4 Å². The number of rotatable bonds is 3. The Hall–Kier alpha value is -3.04. The van der Waals surface area contributed by atoms with Crippen molar-refractivity contribution < 1.29 is 19.4 Å². The molecule has 2 aromatic heterocycles. The molecule has 10 heteroatoms. The third-order valence-corrected chi connectivity index (χ3v) is 3.84. The highest BCUT2D eigenvalue weighted by Gasteiger charge is 2.25. The van der Waals surface area contributed by atoms with Crippen molar-refractivity contribution in [1.29, 1.82) is 0 Å². The zero-order chi connectivity index (χ0) is 17.3. The highest BCUT2D eigenvalue weighted by molar-refractivity contribution is 5.95. The Balaban J connectivity index is 1.85. The lowest BCUT2D eigenvalue weighted by molar-refractivity contribution is 0.0696. The number of ether oxygens (including phenoxy) is 1. The molecule has 1 aliphatic rings. The number of carbonyl (C=O) groups is 2. The van der Waals surface area contributed by atoms with Gasteiger partial charge in [0.15, 0.2) is 5.65 Å². The Morgan fingerprint density at radius 1 is 1.33 bits per heavy atom. The van der Waals surface area contributed by atoms with Gasteiger partial charge in [0.2, 0.25) is 5.95 Å². The van der Waals surface area contributed by atoms with Crippen LogP contribution in [-0.2, 0) is 4.74 Å². The van der Waals surface area contributed by atoms with E-state index in [9.17, 15) is 14.7 Å². The van der Waals surface area contributed by atoms with Crippen molar-refractivity contribution in [2.45, 2.75) is 6.92 Å². The van der Waals surface area contributed by atoms with Crippen LogP contribution in [0.3, 0.4) is 0 Å². The number of carboxylic acid groups (broad SMARTS) is 1. The highest BCUT2D eigenvalue weighted by atomic mass is 16.6. The van der Waals surface area contributed by atoms with Gasteiger partial charge in [0.05, 0.1) is 24.1 Å². The Labute approximate surface area is 137 Å². The molecule has 0 radical (unpaired) electrons. The third kappa shape index (κ3) is 2.90. The molecule has 1 fully saturated rings. The van der Waals surface area contributed by atoms with Gasteiger partial charge in [0.1, 0.15) is 0 Å². The Kier molecular flexibility index (Phi) is 4.11. The SMILES string of the molecule is CCOC(=O)N1CCN(c2cn3nc(N)nc3cc2C(=O)O)CC1. The summed E-state index contributed by atoms with van der Waals surface area (Å²) in [4.78, 5) is 30.8. The highest BCUT2D eigenvalue weighted by Crippen LogP contribution is 2.24. The van der Waals surface area contributed by atoms with Gasteiger partial charge in [0.25, 0.3) is 0 Å². The summed E-state index contributed by atoms with van der Waals surface area (Å²) in [6.45, 7) is 3.98. The number of piperazine rings is 1. The van der Waals surface area contributed by atoms with Crippen LogP contribution in [0.5, 0.6) is 0 Å². The topological polar surface area (TPSA) is 126 Å². The summed E-state index contributed by atoms with van der Waals surface area (Å²) in [7, 11) is 0. The summed E-state index contributed by atoms with van der Waals surface area (Å²) in [5.41, 5.74) is 6.58. The number of carboxylic acids is 1. The number of nitrogens with zero attached hydrogens (tertiary/aromatic N) is 5. The fourth-order valence-corrected chi connectivity index (χ4v) is 2.70. The van der Waals surface area contributed by atoms with Gasteiger partial charge in [-0.2, -0.15) is 4.98 Å². The van der Waals surface area contributed by atoms with E-state index in [0.29, 0.717) is 44.1 Å². The third-order valence-electron chi connectivity index (χ3n) is 3.84. The molecule has 1 amide bonds. The number of hydrogen-bond donors (Lipinski definition) is 2. The molecule has 1 saturated heterocycles. The van der Waals surface area contributed by atoms with Gasteiger partial charge in [-0.15, -0.1) is 5.10 Å². The lowest BCUT2D eigenvalue weighted by atomic mass is 10.2. The van der Waals surface area contributed by atoms with Gasteiger partial charge in [-0.05, 0) is 13.0 Å². The standard InChI is InChI=1S/C14H18N6O4/c1-2-24-14(23)19-5-3-18(4-6-19)10-8-20-11(16-13(15)17-20)7-9(10)12(21)22/h7-8H,2-6H2,1H3,(H2,15,17)(H,21,22). The Morgan fingerprint density at radius 3 is 2.67 bits per heavy atom. The zero-order valence-electron chi connectivity index (χ0n) is 13.2. The first-order chi connectivity index (χ1) is 11.5. The molecule has 128 valence electrons. The van der Waals surface area contributed by atoms with E-state index in [1.807, 2.05) is 4.90 Å². The molecule has 0 unspecified atom stereocenters. The van der Waals surface area contributed by atoms with Crippen LogP contribution in [0, 0.1) is 0 Å². The second-order valence-electron chi connectivity index (χ2n) is 5.32. The van der Waals surface area contributed by atoms with Crippen molar-refractivity contribution in [3.63, 3.8) is 0 Å². The molecule has 0 spiro atoms. The van der Waals surface area contributed by atoms with Crippen LogP contribution in [0.2, 0.25) is 0 Å². The number of nitrogens with two attached hydrogens (primary N) is 1. The molecular formula is C14H18N6O4. The fourth-order valence-electron chi connectivity index (χ4n) is 2.70. The maximum Gasteiger partial charge on any atom is 0.409 e. The van der Waals surface area contributed by atoms with Crippen LogP contribution in [0.4, 0.5) is 16.4 Å². The van der Waals surface area contributed by atoms with Crippen LogP contribution < -0.4 is 10.6 Å². The minimum atomic E-state index is -1.05. The smallest absolute Gasteiger partial charge is 0.409 e. The molecule has 10 nitrogen and oxygen atoms in total. The maximum atomic E-state index is 11.7. The van der Waals surface area contributed by atoms with Crippen LogP contribution in [0.1, 0.15) is 17.3 Å². The van der Waals surface area contributed by atoms with Crippen molar-refractivity contribution in [3.05, 3.63) is 17.8 Å². The molecular weight excluding hydrogens is 316 g/mol. The number of anilines is 2. The summed E-state index contributed by atoms with van der Waals surface area (Å²) >= 11 is 0. The number of nitrogen functional groups attached to an aromatic ring is 1. The van der Waals surface area contributed by atoms with E-state index in [-0.39, 0.29) is 17.6 Å². The Morgan fingerprint density at radius 2 is 2.04 bits per heavy atom. The molecule has 0 aliphatic carbocycles. The first-order valence-corrected chi connectivity index (χ1v) is 7.55.